The number of hydrogen-bond donors (Lipinski definition) is 1. The summed E-state index contributed by atoms with van der Waals surface area (Å²) >= 11 is 0. The van der Waals surface area contributed by atoms with Crippen molar-refractivity contribution >= 4 is 5.69 Å². The lowest BCUT2D eigenvalue weighted by molar-refractivity contribution is 0.390. The molecule has 80 valence electrons. The molecule has 0 saturated heterocycles. The van der Waals surface area contributed by atoms with Crippen molar-refractivity contribution in [2.45, 2.75) is 27.2 Å². The Labute approximate surface area is 91.9 Å². The van der Waals surface area contributed by atoms with Crippen molar-refractivity contribution in [1.82, 2.24) is 0 Å². The van der Waals surface area contributed by atoms with Gasteiger partial charge in [-0.1, -0.05) is 26.8 Å². The molecule has 0 amide bonds. The number of nitrogens with zero attached hydrogens (tertiary/aromatic N) is 1. The highest BCUT2D eigenvalue weighted by atomic mass is 14.9. The Morgan fingerprint density at radius 3 is 2.67 bits per heavy atom. The Kier molecular flexibility index (Phi) is 3.74. The van der Waals surface area contributed by atoms with E-state index in [1.54, 1.807) is 0 Å². The van der Waals surface area contributed by atoms with Gasteiger partial charge in [0.05, 0.1) is 11.6 Å². The topological polar surface area (TPSA) is 35.8 Å². The van der Waals surface area contributed by atoms with E-state index in [2.05, 4.69) is 32.2 Å². The third-order valence-electron chi connectivity index (χ3n) is 2.20. The monoisotopic (exact) mass is 202 g/mol. The van der Waals surface area contributed by atoms with Crippen LogP contribution in [0.3, 0.4) is 0 Å². The van der Waals surface area contributed by atoms with E-state index >= 15 is 0 Å². The molecule has 0 aliphatic carbocycles. The molecule has 15 heavy (non-hydrogen) atoms. The van der Waals surface area contributed by atoms with E-state index in [1.165, 1.54) is 0 Å². The van der Waals surface area contributed by atoms with Gasteiger partial charge >= 0.3 is 0 Å². The van der Waals surface area contributed by atoms with Gasteiger partial charge in [0, 0.05) is 12.2 Å². The van der Waals surface area contributed by atoms with Gasteiger partial charge in [-0.25, -0.2) is 0 Å². The lowest BCUT2D eigenvalue weighted by atomic mass is 9.92. The van der Waals surface area contributed by atoms with E-state index in [4.69, 9.17) is 5.26 Å². The summed E-state index contributed by atoms with van der Waals surface area (Å²) in [5, 5.41) is 12.1. The normalized spacial score (nSPS) is 10.8. The number of rotatable bonds is 3. The predicted molar refractivity (Wildman–Crippen MR) is 63.7 cm³/mol. The second kappa shape index (κ2) is 4.84. The molecule has 1 rings (SSSR count). The lowest BCUT2D eigenvalue weighted by Crippen LogP contribution is -2.12. The molecule has 1 aromatic rings. The summed E-state index contributed by atoms with van der Waals surface area (Å²) in [6.07, 6.45) is 1.11. The average molecular weight is 202 g/mol. The molecule has 0 atom stereocenters. The van der Waals surface area contributed by atoms with Gasteiger partial charge in [-0.15, -0.1) is 0 Å². The van der Waals surface area contributed by atoms with Gasteiger partial charge in [0.15, 0.2) is 0 Å². The number of hydrogen-bond acceptors (Lipinski definition) is 2. The zero-order valence-electron chi connectivity index (χ0n) is 9.67. The largest absolute Gasteiger partial charge is 0.385 e. The maximum absolute atomic E-state index is 8.74. The second-order valence-corrected chi connectivity index (χ2v) is 4.93. The van der Waals surface area contributed by atoms with Crippen molar-refractivity contribution in [3.63, 3.8) is 0 Å². The van der Waals surface area contributed by atoms with Crippen molar-refractivity contribution in [3.05, 3.63) is 29.8 Å². The first-order chi connectivity index (χ1) is 7.01. The van der Waals surface area contributed by atoms with E-state index in [1.807, 2.05) is 24.3 Å². The van der Waals surface area contributed by atoms with E-state index in [0.29, 0.717) is 11.0 Å². The maximum Gasteiger partial charge on any atom is 0.0992 e. The minimum absolute atomic E-state index is 0.347. The molecule has 2 heteroatoms. The summed E-state index contributed by atoms with van der Waals surface area (Å²) in [4.78, 5) is 0. The average Bonchev–Trinajstić information content (AvgIpc) is 2.16. The van der Waals surface area contributed by atoms with Crippen molar-refractivity contribution in [2.24, 2.45) is 5.41 Å². The van der Waals surface area contributed by atoms with Gasteiger partial charge in [0.1, 0.15) is 0 Å². The summed E-state index contributed by atoms with van der Waals surface area (Å²) in [5.74, 6) is 0. The molecule has 0 radical (unpaired) electrons. The van der Waals surface area contributed by atoms with Crippen LogP contribution in [-0.2, 0) is 0 Å². The third kappa shape index (κ3) is 4.51. The van der Waals surface area contributed by atoms with Crippen LogP contribution in [0.25, 0.3) is 0 Å². The zero-order chi connectivity index (χ0) is 11.3. The van der Waals surface area contributed by atoms with Crippen molar-refractivity contribution in [3.8, 4) is 6.07 Å². The molecular weight excluding hydrogens is 184 g/mol. The van der Waals surface area contributed by atoms with E-state index in [9.17, 15) is 0 Å². The van der Waals surface area contributed by atoms with Crippen LogP contribution < -0.4 is 5.32 Å². The summed E-state index contributed by atoms with van der Waals surface area (Å²) in [5.41, 5.74) is 2.08. The fourth-order valence-corrected chi connectivity index (χ4v) is 1.28. The van der Waals surface area contributed by atoms with Gasteiger partial charge in [0.2, 0.25) is 0 Å². The number of nitriles is 1. The first-order valence-corrected chi connectivity index (χ1v) is 5.25. The minimum atomic E-state index is 0.347. The van der Waals surface area contributed by atoms with Gasteiger partial charge in [0.25, 0.3) is 0 Å². The Morgan fingerprint density at radius 1 is 1.33 bits per heavy atom. The summed E-state index contributed by atoms with van der Waals surface area (Å²) in [7, 11) is 0. The number of nitrogens with one attached hydrogen (secondary N) is 1. The number of benzene rings is 1. The Hall–Kier alpha value is -1.49. The molecule has 1 N–H and O–H groups in total. The molecule has 0 fully saturated rings. The van der Waals surface area contributed by atoms with Crippen molar-refractivity contribution in [2.75, 3.05) is 11.9 Å². The smallest absolute Gasteiger partial charge is 0.0992 e. The third-order valence-corrected chi connectivity index (χ3v) is 2.20. The van der Waals surface area contributed by atoms with Crippen LogP contribution in [0, 0.1) is 16.7 Å². The summed E-state index contributed by atoms with van der Waals surface area (Å²) in [6.45, 7) is 7.61. The highest BCUT2D eigenvalue weighted by Crippen LogP contribution is 2.18. The van der Waals surface area contributed by atoms with Crippen LogP contribution in [0.1, 0.15) is 32.8 Å². The van der Waals surface area contributed by atoms with Crippen LogP contribution >= 0.6 is 0 Å². The van der Waals surface area contributed by atoms with Crippen LogP contribution in [-0.4, -0.2) is 6.54 Å². The second-order valence-electron chi connectivity index (χ2n) is 4.93. The molecule has 0 aliphatic rings. The van der Waals surface area contributed by atoms with E-state index in [-0.39, 0.29) is 0 Å². The van der Waals surface area contributed by atoms with Crippen molar-refractivity contribution < 1.29 is 0 Å². The Bertz CT molecular complexity index is 356. The van der Waals surface area contributed by atoms with Gasteiger partial charge in [-0.2, -0.15) is 5.26 Å². The fourth-order valence-electron chi connectivity index (χ4n) is 1.28. The molecule has 0 bridgehead atoms. The molecule has 0 unspecified atom stereocenters. The molecule has 2 nitrogen and oxygen atoms in total. The van der Waals surface area contributed by atoms with Crippen LogP contribution in [0.15, 0.2) is 24.3 Å². The molecular formula is C13H18N2. The van der Waals surface area contributed by atoms with Crippen LogP contribution in [0.2, 0.25) is 0 Å². The first-order valence-electron chi connectivity index (χ1n) is 5.25. The van der Waals surface area contributed by atoms with E-state index < -0.39 is 0 Å². The first kappa shape index (κ1) is 11.6. The number of anilines is 1. The highest BCUT2D eigenvalue weighted by Gasteiger charge is 2.08. The Morgan fingerprint density at radius 2 is 2.07 bits per heavy atom. The minimum Gasteiger partial charge on any atom is -0.385 e. The molecule has 0 aromatic heterocycles. The van der Waals surface area contributed by atoms with Gasteiger partial charge < -0.3 is 5.32 Å². The Balaban J connectivity index is 2.48. The van der Waals surface area contributed by atoms with Crippen LogP contribution in [0.4, 0.5) is 5.69 Å². The van der Waals surface area contributed by atoms with Crippen molar-refractivity contribution in [1.29, 1.82) is 5.26 Å². The maximum atomic E-state index is 8.74. The molecule has 0 spiro atoms. The fraction of sp³-hybridized carbons (Fsp3) is 0.462. The summed E-state index contributed by atoms with van der Waals surface area (Å²) in [6, 6.07) is 9.72. The van der Waals surface area contributed by atoms with E-state index in [0.717, 1.165) is 18.7 Å². The quantitative estimate of drug-likeness (QED) is 0.815. The standard InChI is InChI=1S/C13H18N2/c1-13(2,3)7-8-15-12-6-4-5-11(9-12)10-14/h4-6,9,15H,7-8H2,1-3H3. The zero-order valence-corrected chi connectivity index (χ0v) is 9.67. The molecule has 0 aliphatic heterocycles. The predicted octanol–water partition coefficient (Wildman–Crippen LogP) is 3.41. The molecule has 0 heterocycles. The SMILES string of the molecule is CC(C)(C)CCNc1cccc(C#N)c1. The highest BCUT2D eigenvalue weighted by molar-refractivity contribution is 5.48. The molecule has 1 aromatic carbocycles. The van der Waals surface area contributed by atoms with Gasteiger partial charge in [-0.3, -0.25) is 0 Å². The lowest BCUT2D eigenvalue weighted by Gasteiger charge is -2.18. The van der Waals surface area contributed by atoms with Crippen LogP contribution in [0.5, 0.6) is 0 Å². The summed E-state index contributed by atoms with van der Waals surface area (Å²) < 4.78 is 0. The molecule has 0 saturated carbocycles. The van der Waals surface area contributed by atoms with Gasteiger partial charge in [-0.05, 0) is 30.0 Å².